The van der Waals surface area contributed by atoms with Crippen LogP contribution in [-0.4, -0.2) is 76.8 Å². The Morgan fingerprint density at radius 2 is 1.00 bits per heavy atom. The molecule has 0 N–H and O–H groups in total. The number of hydrogen-bond acceptors (Lipinski definition) is 2. The number of rotatable bonds is 5. The van der Waals surface area contributed by atoms with Gasteiger partial charge in [-0.15, -0.1) is 0 Å². The van der Waals surface area contributed by atoms with Gasteiger partial charge in [-0.25, -0.2) is 0 Å². The van der Waals surface area contributed by atoms with Gasteiger partial charge in [-0.1, -0.05) is 0 Å². The van der Waals surface area contributed by atoms with Crippen LogP contribution >= 0.6 is 0 Å². The third-order valence-corrected chi connectivity index (χ3v) is 1.49. The van der Waals surface area contributed by atoms with Crippen LogP contribution in [0.2, 0.25) is 0 Å². The van der Waals surface area contributed by atoms with Crippen molar-refractivity contribution in [1.29, 1.82) is 0 Å². The molecule has 0 aromatic rings. The first-order chi connectivity index (χ1) is 6.21. The second kappa shape index (κ2) is 5.22. The van der Waals surface area contributed by atoms with E-state index in [0.29, 0.717) is 0 Å². The molecule has 0 aromatic heterocycles. The molecule has 4 heteroatoms. The van der Waals surface area contributed by atoms with E-state index < -0.39 is 0 Å². The molecule has 0 saturated carbocycles. The van der Waals surface area contributed by atoms with E-state index in [2.05, 4.69) is 52.5 Å². The fourth-order valence-corrected chi connectivity index (χ4v) is 0.657. The summed E-state index contributed by atoms with van der Waals surface area (Å²) in [5.74, 6) is 0. The van der Waals surface area contributed by atoms with Gasteiger partial charge in [0.15, 0.2) is 0 Å². The Balaban J connectivity index is 3.73. The first kappa shape index (κ1) is 13.3. The zero-order valence-corrected chi connectivity index (χ0v) is 10.4. The largest absolute Gasteiger partial charge is 0.326 e. The number of nitrogens with zero attached hydrogens (tertiary/aromatic N) is 4. The summed E-state index contributed by atoms with van der Waals surface area (Å²) in [5.41, 5.74) is 0. The minimum atomic E-state index is 0.883. The SMILES string of the molecule is C[N+](C)(C)C/C=N/N=C/C[N+](C)(C)C. The number of quaternary nitrogens is 2. The van der Waals surface area contributed by atoms with Gasteiger partial charge in [0.25, 0.3) is 0 Å². The van der Waals surface area contributed by atoms with Gasteiger partial charge >= 0.3 is 0 Å². The predicted octanol–water partition coefficient (Wildman–Crippen LogP) is 0.455. The Hall–Kier alpha value is -0.740. The van der Waals surface area contributed by atoms with Gasteiger partial charge in [-0.2, -0.15) is 10.2 Å². The van der Waals surface area contributed by atoms with Crippen molar-refractivity contribution in [3.05, 3.63) is 0 Å². The maximum absolute atomic E-state index is 3.98. The van der Waals surface area contributed by atoms with E-state index in [1.54, 1.807) is 0 Å². The normalized spacial score (nSPS) is 14.4. The summed E-state index contributed by atoms with van der Waals surface area (Å²) < 4.78 is 1.77. The fourth-order valence-electron chi connectivity index (χ4n) is 0.657. The molecule has 0 aliphatic rings. The molecule has 0 bridgehead atoms. The lowest BCUT2D eigenvalue weighted by atomic mass is 10.5. The van der Waals surface area contributed by atoms with Gasteiger partial charge in [-0.05, 0) is 0 Å². The zero-order chi connectivity index (χ0) is 11.2. The second-order valence-corrected chi connectivity index (χ2v) is 5.54. The van der Waals surface area contributed by atoms with Gasteiger partial charge in [0.1, 0.15) is 13.1 Å². The van der Waals surface area contributed by atoms with Crippen LogP contribution in [0.3, 0.4) is 0 Å². The van der Waals surface area contributed by atoms with Crippen molar-refractivity contribution in [1.82, 2.24) is 0 Å². The third kappa shape index (κ3) is 11.3. The molecule has 0 aromatic carbocycles. The summed E-state index contributed by atoms with van der Waals surface area (Å²) in [6.07, 6.45) is 3.71. The molecule has 0 spiro atoms. The van der Waals surface area contributed by atoms with E-state index in [9.17, 15) is 0 Å². The van der Waals surface area contributed by atoms with Crippen molar-refractivity contribution in [3.63, 3.8) is 0 Å². The fraction of sp³-hybridized carbons (Fsp3) is 0.800. The van der Waals surface area contributed by atoms with Gasteiger partial charge in [0.2, 0.25) is 0 Å². The molecule has 0 rings (SSSR count). The topological polar surface area (TPSA) is 24.7 Å². The molecule has 0 atom stereocenters. The first-order valence-corrected chi connectivity index (χ1v) is 4.85. The maximum atomic E-state index is 3.98. The Morgan fingerprint density at radius 1 is 0.714 bits per heavy atom. The van der Waals surface area contributed by atoms with Crippen molar-refractivity contribution < 1.29 is 8.97 Å². The van der Waals surface area contributed by atoms with Crippen molar-refractivity contribution in [2.45, 2.75) is 0 Å². The molecular weight excluding hydrogens is 176 g/mol. The molecular formula is C10H24N4+2. The zero-order valence-electron chi connectivity index (χ0n) is 10.4. The van der Waals surface area contributed by atoms with Crippen molar-refractivity contribution in [3.8, 4) is 0 Å². The van der Waals surface area contributed by atoms with Gasteiger partial charge in [0.05, 0.1) is 54.7 Å². The smallest absolute Gasteiger partial charge is 0.116 e. The molecule has 14 heavy (non-hydrogen) atoms. The highest BCUT2D eigenvalue weighted by Gasteiger charge is 2.03. The predicted molar refractivity (Wildman–Crippen MR) is 62.8 cm³/mol. The molecule has 82 valence electrons. The lowest BCUT2D eigenvalue weighted by Gasteiger charge is -2.21. The Labute approximate surface area is 87.7 Å². The third-order valence-electron chi connectivity index (χ3n) is 1.49. The van der Waals surface area contributed by atoms with E-state index in [1.165, 1.54) is 0 Å². The minimum Gasteiger partial charge on any atom is -0.326 e. The molecule has 0 unspecified atom stereocenters. The molecule has 0 heterocycles. The van der Waals surface area contributed by atoms with E-state index in [4.69, 9.17) is 0 Å². The van der Waals surface area contributed by atoms with Crippen LogP contribution in [0.1, 0.15) is 0 Å². The van der Waals surface area contributed by atoms with Gasteiger partial charge in [0, 0.05) is 0 Å². The summed E-state index contributed by atoms with van der Waals surface area (Å²) in [6.45, 7) is 1.81. The number of hydrogen-bond donors (Lipinski definition) is 0. The summed E-state index contributed by atoms with van der Waals surface area (Å²) >= 11 is 0. The summed E-state index contributed by atoms with van der Waals surface area (Å²) in [6, 6.07) is 0. The van der Waals surface area contributed by atoms with E-state index >= 15 is 0 Å². The van der Waals surface area contributed by atoms with Crippen LogP contribution in [0.15, 0.2) is 10.2 Å². The quantitative estimate of drug-likeness (QED) is 0.350. The second-order valence-electron chi connectivity index (χ2n) is 5.54. The van der Waals surface area contributed by atoms with Crippen LogP contribution in [-0.2, 0) is 0 Å². The molecule has 0 fully saturated rings. The standard InChI is InChI=1S/C10H24N4/c1-13(2,3)9-7-11-12-8-10-14(4,5)6/h7-8H,9-10H2,1-6H3/q+2/b11-7+,12-8+. The molecule has 0 aliphatic carbocycles. The van der Waals surface area contributed by atoms with Gasteiger partial charge in [-0.3, -0.25) is 0 Å². The van der Waals surface area contributed by atoms with Crippen LogP contribution < -0.4 is 0 Å². The average molecular weight is 200 g/mol. The van der Waals surface area contributed by atoms with E-state index in [1.807, 2.05) is 12.4 Å². The highest BCUT2D eigenvalue weighted by atomic mass is 15.3. The molecule has 0 aliphatic heterocycles. The Morgan fingerprint density at radius 3 is 1.21 bits per heavy atom. The molecule has 0 radical (unpaired) electrons. The highest BCUT2D eigenvalue weighted by molar-refractivity contribution is 5.62. The summed E-state index contributed by atoms with van der Waals surface area (Å²) in [5, 5.41) is 7.96. The molecule has 0 amide bonds. The summed E-state index contributed by atoms with van der Waals surface area (Å²) in [4.78, 5) is 0. The lowest BCUT2D eigenvalue weighted by molar-refractivity contribution is -0.860. The Bertz CT molecular complexity index is 181. The van der Waals surface area contributed by atoms with E-state index in [-0.39, 0.29) is 0 Å². The monoisotopic (exact) mass is 200 g/mol. The van der Waals surface area contributed by atoms with Crippen LogP contribution in [0, 0.1) is 0 Å². The van der Waals surface area contributed by atoms with Crippen molar-refractivity contribution >= 4 is 12.4 Å². The highest BCUT2D eigenvalue weighted by Crippen LogP contribution is 1.87. The minimum absolute atomic E-state index is 0.883. The van der Waals surface area contributed by atoms with E-state index in [0.717, 1.165) is 22.1 Å². The van der Waals surface area contributed by atoms with Crippen LogP contribution in [0.5, 0.6) is 0 Å². The maximum Gasteiger partial charge on any atom is 0.116 e. The Kier molecular flexibility index (Phi) is 4.94. The average Bonchev–Trinajstić information content (AvgIpc) is 1.92. The molecule has 0 saturated heterocycles. The first-order valence-electron chi connectivity index (χ1n) is 4.85. The lowest BCUT2D eigenvalue weighted by Crippen LogP contribution is -2.36. The van der Waals surface area contributed by atoms with Crippen LogP contribution in [0.4, 0.5) is 0 Å². The van der Waals surface area contributed by atoms with Crippen molar-refractivity contribution in [2.75, 3.05) is 55.4 Å². The van der Waals surface area contributed by atoms with Crippen LogP contribution in [0.25, 0.3) is 0 Å². The summed E-state index contributed by atoms with van der Waals surface area (Å²) in [7, 11) is 12.8. The van der Waals surface area contributed by atoms with Gasteiger partial charge < -0.3 is 8.97 Å². The van der Waals surface area contributed by atoms with Crippen molar-refractivity contribution in [2.24, 2.45) is 10.2 Å². The molecule has 4 nitrogen and oxygen atoms in total.